The Morgan fingerprint density at radius 2 is 1.89 bits per heavy atom. The molecule has 0 radical (unpaired) electrons. The van der Waals surface area contributed by atoms with E-state index in [9.17, 15) is 4.79 Å². The van der Waals surface area contributed by atoms with Gasteiger partial charge in [-0.25, -0.2) is 0 Å². The average Bonchev–Trinajstić information content (AvgIpc) is 3.12. The molecule has 3 heteroatoms. The van der Waals surface area contributed by atoms with Gasteiger partial charge in [0.25, 0.3) is 0 Å². The molecule has 0 aromatic rings. The molecule has 2 unspecified atom stereocenters. The highest BCUT2D eigenvalue weighted by Crippen LogP contribution is 2.40. The van der Waals surface area contributed by atoms with Gasteiger partial charge in [0.2, 0.25) is 5.91 Å². The first kappa shape index (κ1) is 13.9. The van der Waals surface area contributed by atoms with E-state index in [-0.39, 0.29) is 0 Å². The lowest BCUT2D eigenvalue weighted by Gasteiger charge is -2.35. The largest absolute Gasteiger partial charge is 0.343 e. The number of amides is 1. The van der Waals surface area contributed by atoms with Crippen molar-refractivity contribution in [3.63, 3.8) is 0 Å². The van der Waals surface area contributed by atoms with Gasteiger partial charge in [0.15, 0.2) is 0 Å². The molecule has 2 rings (SSSR count). The van der Waals surface area contributed by atoms with Crippen molar-refractivity contribution in [3.05, 3.63) is 0 Å². The average molecular weight is 252 g/mol. The SMILES string of the molecule is CCCNC1CCC(N(C)C(=O)C2CC2C)CC1. The van der Waals surface area contributed by atoms with E-state index in [4.69, 9.17) is 0 Å². The Labute approximate surface area is 111 Å². The third-order valence-electron chi connectivity index (χ3n) is 4.70. The lowest BCUT2D eigenvalue weighted by molar-refractivity contribution is -0.134. The lowest BCUT2D eigenvalue weighted by Crippen LogP contribution is -2.44. The Balaban J connectivity index is 1.73. The quantitative estimate of drug-likeness (QED) is 0.815. The molecule has 0 heterocycles. The van der Waals surface area contributed by atoms with E-state index in [0.717, 1.165) is 13.0 Å². The van der Waals surface area contributed by atoms with Gasteiger partial charge in [-0.1, -0.05) is 13.8 Å². The Kier molecular flexibility index (Phi) is 4.66. The Morgan fingerprint density at radius 3 is 2.39 bits per heavy atom. The predicted octanol–water partition coefficient (Wildman–Crippen LogP) is 2.41. The Morgan fingerprint density at radius 1 is 1.28 bits per heavy atom. The summed E-state index contributed by atoms with van der Waals surface area (Å²) in [5.41, 5.74) is 0. The molecule has 0 bridgehead atoms. The van der Waals surface area contributed by atoms with Gasteiger partial charge in [-0.15, -0.1) is 0 Å². The van der Waals surface area contributed by atoms with Gasteiger partial charge in [0.1, 0.15) is 0 Å². The standard InChI is InChI=1S/C15H28N2O/c1-4-9-16-12-5-7-13(8-6-12)17(3)15(18)14-10-11(14)2/h11-14,16H,4-10H2,1-3H3. The molecule has 2 atom stereocenters. The van der Waals surface area contributed by atoms with Gasteiger partial charge in [-0.05, 0) is 51.0 Å². The smallest absolute Gasteiger partial charge is 0.225 e. The first-order valence-electron chi connectivity index (χ1n) is 7.63. The van der Waals surface area contributed by atoms with Crippen LogP contribution in [0.1, 0.15) is 52.4 Å². The summed E-state index contributed by atoms with van der Waals surface area (Å²) in [6.45, 7) is 5.52. The summed E-state index contributed by atoms with van der Waals surface area (Å²) in [6, 6.07) is 1.18. The molecule has 2 fully saturated rings. The number of nitrogens with zero attached hydrogens (tertiary/aromatic N) is 1. The number of hydrogen-bond donors (Lipinski definition) is 1. The minimum absolute atomic E-state index is 0.339. The number of rotatable bonds is 5. The zero-order valence-corrected chi connectivity index (χ0v) is 12.1. The van der Waals surface area contributed by atoms with Crippen molar-refractivity contribution in [1.29, 1.82) is 0 Å². The van der Waals surface area contributed by atoms with Crippen molar-refractivity contribution < 1.29 is 4.79 Å². The Bertz CT molecular complexity index is 284. The van der Waals surface area contributed by atoms with Gasteiger partial charge in [-0.3, -0.25) is 4.79 Å². The van der Waals surface area contributed by atoms with Crippen LogP contribution in [0, 0.1) is 11.8 Å². The highest BCUT2D eigenvalue weighted by atomic mass is 16.2. The van der Waals surface area contributed by atoms with Gasteiger partial charge in [-0.2, -0.15) is 0 Å². The summed E-state index contributed by atoms with van der Waals surface area (Å²) >= 11 is 0. The van der Waals surface area contributed by atoms with E-state index < -0.39 is 0 Å². The highest BCUT2D eigenvalue weighted by Gasteiger charge is 2.42. The summed E-state index contributed by atoms with van der Waals surface area (Å²) < 4.78 is 0. The van der Waals surface area contributed by atoms with Crippen molar-refractivity contribution in [2.75, 3.05) is 13.6 Å². The van der Waals surface area contributed by atoms with Crippen LogP contribution >= 0.6 is 0 Å². The Hall–Kier alpha value is -0.570. The van der Waals surface area contributed by atoms with E-state index in [2.05, 4.69) is 19.2 Å². The molecule has 3 nitrogen and oxygen atoms in total. The van der Waals surface area contributed by atoms with Crippen LogP contribution in [0.3, 0.4) is 0 Å². The summed E-state index contributed by atoms with van der Waals surface area (Å²) in [7, 11) is 2.01. The third kappa shape index (κ3) is 3.25. The fraction of sp³-hybridized carbons (Fsp3) is 0.933. The fourth-order valence-electron chi connectivity index (χ4n) is 3.12. The number of nitrogens with one attached hydrogen (secondary N) is 1. The summed E-state index contributed by atoms with van der Waals surface area (Å²) in [4.78, 5) is 14.2. The molecule has 0 aromatic carbocycles. The minimum atomic E-state index is 0.339. The lowest BCUT2D eigenvalue weighted by atomic mass is 9.90. The van der Waals surface area contributed by atoms with Crippen molar-refractivity contribution in [2.24, 2.45) is 11.8 Å². The van der Waals surface area contributed by atoms with Crippen LogP contribution in [0.15, 0.2) is 0 Å². The minimum Gasteiger partial charge on any atom is -0.343 e. The molecule has 0 spiro atoms. The summed E-state index contributed by atoms with van der Waals surface area (Å²) in [5, 5.41) is 3.60. The molecule has 104 valence electrons. The van der Waals surface area contributed by atoms with Crippen LogP contribution in [-0.2, 0) is 4.79 Å². The molecule has 18 heavy (non-hydrogen) atoms. The van der Waals surface area contributed by atoms with E-state index in [1.807, 2.05) is 11.9 Å². The second-order valence-electron chi connectivity index (χ2n) is 6.23. The zero-order chi connectivity index (χ0) is 13.1. The maximum Gasteiger partial charge on any atom is 0.225 e. The zero-order valence-electron chi connectivity index (χ0n) is 12.1. The van der Waals surface area contributed by atoms with Crippen LogP contribution in [0.5, 0.6) is 0 Å². The van der Waals surface area contributed by atoms with E-state index in [1.165, 1.54) is 32.1 Å². The van der Waals surface area contributed by atoms with Crippen molar-refractivity contribution in [3.8, 4) is 0 Å². The van der Waals surface area contributed by atoms with Gasteiger partial charge in [0.05, 0.1) is 0 Å². The molecular formula is C15H28N2O. The molecule has 2 aliphatic carbocycles. The maximum atomic E-state index is 12.2. The van der Waals surface area contributed by atoms with Crippen molar-refractivity contribution >= 4 is 5.91 Å². The van der Waals surface area contributed by atoms with E-state index in [0.29, 0.717) is 29.8 Å². The molecule has 0 saturated heterocycles. The molecule has 2 aliphatic rings. The van der Waals surface area contributed by atoms with Crippen LogP contribution in [0.2, 0.25) is 0 Å². The first-order chi connectivity index (χ1) is 8.63. The number of carbonyl (C=O) groups is 1. The molecule has 2 saturated carbocycles. The van der Waals surface area contributed by atoms with Gasteiger partial charge in [0, 0.05) is 25.0 Å². The van der Waals surface area contributed by atoms with E-state index >= 15 is 0 Å². The van der Waals surface area contributed by atoms with Crippen molar-refractivity contribution in [2.45, 2.75) is 64.5 Å². The number of carbonyl (C=O) groups excluding carboxylic acids is 1. The third-order valence-corrected chi connectivity index (χ3v) is 4.70. The normalized spacial score (nSPS) is 35.3. The van der Waals surface area contributed by atoms with Crippen LogP contribution in [0.25, 0.3) is 0 Å². The number of hydrogen-bond acceptors (Lipinski definition) is 2. The second-order valence-corrected chi connectivity index (χ2v) is 6.23. The first-order valence-corrected chi connectivity index (χ1v) is 7.63. The summed E-state index contributed by atoms with van der Waals surface area (Å²) in [5.74, 6) is 1.36. The maximum absolute atomic E-state index is 12.2. The van der Waals surface area contributed by atoms with Crippen LogP contribution < -0.4 is 5.32 Å². The predicted molar refractivity (Wildman–Crippen MR) is 74.4 cm³/mol. The molecule has 1 amide bonds. The van der Waals surface area contributed by atoms with E-state index in [1.54, 1.807) is 0 Å². The fourth-order valence-corrected chi connectivity index (χ4v) is 3.12. The monoisotopic (exact) mass is 252 g/mol. The summed E-state index contributed by atoms with van der Waals surface area (Å²) in [6.07, 6.45) is 7.11. The van der Waals surface area contributed by atoms with Gasteiger partial charge < -0.3 is 10.2 Å². The van der Waals surface area contributed by atoms with Crippen molar-refractivity contribution in [1.82, 2.24) is 10.2 Å². The van der Waals surface area contributed by atoms with Crippen LogP contribution in [0.4, 0.5) is 0 Å². The molecule has 1 N–H and O–H groups in total. The van der Waals surface area contributed by atoms with Gasteiger partial charge >= 0.3 is 0 Å². The molecule has 0 aromatic heterocycles. The topological polar surface area (TPSA) is 32.3 Å². The highest BCUT2D eigenvalue weighted by molar-refractivity contribution is 5.81. The second kappa shape index (κ2) is 6.05. The molecular weight excluding hydrogens is 224 g/mol. The molecule has 0 aliphatic heterocycles. The van der Waals surface area contributed by atoms with Crippen LogP contribution in [-0.4, -0.2) is 36.5 Å².